The van der Waals surface area contributed by atoms with Crippen molar-refractivity contribution in [3.63, 3.8) is 0 Å². The average Bonchev–Trinajstić information content (AvgIpc) is 2.97. The maximum atomic E-state index is 12.3. The fraction of sp³-hybridized carbons (Fsp3) is 0.273. The summed E-state index contributed by atoms with van der Waals surface area (Å²) >= 11 is 1.70. The number of thioether (sulfide) groups is 1. The predicted molar refractivity (Wildman–Crippen MR) is 111 cm³/mol. The summed E-state index contributed by atoms with van der Waals surface area (Å²) < 4.78 is 5.67. The summed E-state index contributed by atoms with van der Waals surface area (Å²) in [5.74, 6) is 2.13. The first kappa shape index (κ1) is 19.2. The number of carbonyl (C=O) groups is 1. The zero-order chi connectivity index (χ0) is 19.4. The van der Waals surface area contributed by atoms with Crippen LogP contribution in [0.2, 0.25) is 0 Å². The smallest absolute Gasteiger partial charge is 0.226 e. The number of amides is 1. The molecular weight excluding hydrogens is 356 g/mol. The van der Waals surface area contributed by atoms with Crippen molar-refractivity contribution < 1.29 is 9.21 Å². The van der Waals surface area contributed by atoms with Crippen LogP contribution in [-0.4, -0.2) is 16.6 Å². The number of nitrogens with one attached hydrogen (secondary N) is 1. The van der Waals surface area contributed by atoms with E-state index in [1.807, 2.05) is 38.1 Å². The van der Waals surface area contributed by atoms with Gasteiger partial charge in [-0.3, -0.25) is 4.79 Å². The monoisotopic (exact) mass is 380 g/mol. The second kappa shape index (κ2) is 8.44. The van der Waals surface area contributed by atoms with Crippen LogP contribution in [0.5, 0.6) is 0 Å². The van der Waals surface area contributed by atoms with E-state index < -0.39 is 0 Å². The Hall–Kier alpha value is -2.53. The molecule has 0 fully saturated rings. The van der Waals surface area contributed by atoms with E-state index in [0.29, 0.717) is 12.3 Å². The van der Waals surface area contributed by atoms with Crippen LogP contribution < -0.4 is 5.32 Å². The average molecular weight is 381 g/mol. The highest BCUT2D eigenvalue weighted by atomic mass is 32.2. The van der Waals surface area contributed by atoms with Crippen molar-refractivity contribution in [1.82, 2.24) is 4.98 Å². The highest BCUT2D eigenvalue weighted by molar-refractivity contribution is 7.99. The van der Waals surface area contributed by atoms with Gasteiger partial charge in [0, 0.05) is 28.3 Å². The summed E-state index contributed by atoms with van der Waals surface area (Å²) in [6.45, 7) is 8.02. The van der Waals surface area contributed by atoms with E-state index in [0.717, 1.165) is 28.5 Å². The molecule has 3 rings (SSSR count). The molecule has 1 amide bonds. The highest BCUT2D eigenvalue weighted by Crippen LogP contribution is 2.25. The minimum atomic E-state index is 0.00301. The van der Waals surface area contributed by atoms with Gasteiger partial charge in [-0.2, -0.15) is 0 Å². The summed E-state index contributed by atoms with van der Waals surface area (Å²) in [4.78, 5) is 17.9. The molecule has 2 aromatic carbocycles. The van der Waals surface area contributed by atoms with Gasteiger partial charge in [0.15, 0.2) is 0 Å². The zero-order valence-electron chi connectivity index (χ0n) is 16.1. The van der Waals surface area contributed by atoms with Gasteiger partial charge in [0.2, 0.25) is 11.8 Å². The molecule has 27 heavy (non-hydrogen) atoms. The van der Waals surface area contributed by atoms with E-state index >= 15 is 0 Å². The molecule has 140 valence electrons. The fourth-order valence-electron chi connectivity index (χ4n) is 2.61. The number of hydrogen-bond donors (Lipinski definition) is 1. The SMILES string of the molecule is Cc1ccc(SCCC(=O)Nc2cccc(-c3nc(C)c(C)o3)c2)cc1C. The summed E-state index contributed by atoms with van der Waals surface area (Å²) in [6, 6.07) is 14.0. The summed E-state index contributed by atoms with van der Waals surface area (Å²) in [7, 11) is 0. The Labute approximate surface area is 164 Å². The standard InChI is InChI=1S/C22H24N2O2S/c1-14-8-9-20(12-15(14)2)27-11-10-21(25)24-19-7-5-6-18(13-19)22-23-16(3)17(4)26-22/h5-9,12-13H,10-11H2,1-4H3,(H,24,25). The Balaban J connectivity index is 1.56. The van der Waals surface area contributed by atoms with Crippen LogP contribution in [0.1, 0.15) is 29.0 Å². The number of aryl methyl sites for hydroxylation is 4. The topological polar surface area (TPSA) is 55.1 Å². The molecule has 4 nitrogen and oxygen atoms in total. The van der Waals surface area contributed by atoms with E-state index in [9.17, 15) is 4.79 Å². The first-order valence-corrected chi connectivity index (χ1v) is 9.95. The molecule has 0 unspecified atom stereocenters. The van der Waals surface area contributed by atoms with E-state index in [1.165, 1.54) is 16.0 Å². The minimum Gasteiger partial charge on any atom is -0.441 e. The van der Waals surface area contributed by atoms with Gasteiger partial charge in [-0.25, -0.2) is 4.98 Å². The van der Waals surface area contributed by atoms with E-state index in [-0.39, 0.29) is 5.91 Å². The molecule has 0 radical (unpaired) electrons. The fourth-order valence-corrected chi connectivity index (χ4v) is 3.56. The molecule has 0 saturated carbocycles. The van der Waals surface area contributed by atoms with Gasteiger partial charge in [0.1, 0.15) is 5.76 Å². The molecule has 0 aliphatic carbocycles. The predicted octanol–water partition coefficient (Wildman–Crippen LogP) is 5.70. The molecular formula is C22H24N2O2S. The molecule has 3 aromatic rings. The van der Waals surface area contributed by atoms with Crippen LogP contribution in [0.25, 0.3) is 11.5 Å². The Morgan fingerprint density at radius 3 is 2.59 bits per heavy atom. The largest absolute Gasteiger partial charge is 0.441 e. The molecule has 0 aliphatic heterocycles. The molecule has 0 saturated heterocycles. The third kappa shape index (κ3) is 5.01. The van der Waals surface area contributed by atoms with E-state index in [1.54, 1.807) is 11.8 Å². The maximum Gasteiger partial charge on any atom is 0.226 e. The Bertz CT molecular complexity index is 943. The van der Waals surface area contributed by atoms with Crippen LogP contribution >= 0.6 is 11.8 Å². The van der Waals surface area contributed by atoms with Gasteiger partial charge in [-0.05, 0) is 69.2 Å². The van der Waals surface area contributed by atoms with E-state index in [2.05, 4.69) is 42.3 Å². The van der Waals surface area contributed by atoms with Gasteiger partial charge in [-0.1, -0.05) is 12.1 Å². The summed E-state index contributed by atoms with van der Waals surface area (Å²) in [6.07, 6.45) is 0.457. The third-order valence-corrected chi connectivity index (χ3v) is 5.49. The van der Waals surface area contributed by atoms with Crippen LogP contribution in [0, 0.1) is 27.7 Å². The lowest BCUT2D eigenvalue weighted by Crippen LogP contribution is -2.12. The minimum absolute atomic E-state index is 0.00301. The molecule has 5 heteroatoms. The van der Waals surface area contributed by atoms with E-state index in [4.69, 9.17) is 4.42 Å². The lowest BCUT2D eigenvalue weighted by Gasteiger charge is -2.07. The number of nitrogens with zero attached hydrogens (tertiary/aromatic N) is 1. The van der Waals surface area contributed by atoms with Crippen LogP contribution in [0.15, 0.2) is 51.8 Å². The van der Waals surface area contributed by atoms with Crippen molar-refractivity contribution in [3.05, 3.63) is 65.0 Å². The van der Waals surface area contributed by atoms with Crippen molar-refractivity contribution in [2.75, 3.05) is 11.1 Å². The zero-order valence-corrected chi connectivity index (χ0v) is 16.9. The Morgan fingerprint density at radius 1 is 1.07 bits per heavy atom. The maximum absolute atomic E-state index is 12.3. The van der Waals surface area contributed by atoms with Crippen LogP contribution in [-0.2, 0) is 4.79 Å². The van der Waals surface area contributed by atoms with Gasteiger partial charge < -0.3 is 9.73 Å². The first-order chi connectivity index (χ1) is 12.9. The number of anilines is 1. The number of hydrogen-bond acceptors (Lipinski definition) is 4. The van der Waals surface area contributed by atoms with Crippen molar-refractivity contribution >= 4 is 23.4 Å². The van der Waals surface area contributed by atoms with Gasteiger partial charge >= 0.3 is 0 Å². The molecule has 1 N–H and O–H groups in total. The number of oxazole rings is 1. The lowest BCUT2D eigenvalue weighted by molar-refractivity contribution is -0.115. The van der Waals surface area contributed by atoms with Crippen LogP contribution in [0.4, 0.5) is 5.69 Å². The number of benzene rings is 2. The quantitative estimate of drug-likeness (QED) is 0.558. The number of carbonyl (C=O) groups excluding carboxylic acids is 1. The van der Waals surface area contributed by atoms with Crippen molar-refractivity contribution in [2.45, 2.75) is 39.0 Å². The normalized spacial score (nSPS) is 10.8. The molecule has 0 atom stereocenters. The highest BCUT2D eigenvalue weighted by Gasteiger charge is 2.10. The van der Waals surface area contributed by atoms with Gasteiger partial charge in [0.05, 0.1) is 5.69 Å². The molecule has 1 heterocycles. The Kier molecular flexibility index (Phi) is 6.01. The summed E-state index contributed by atoms with van der Waals surface area (Å²) in [5.41, 5.74) is 5.05. The summed E-state index contributed by atoms with van der Waals surface area (Å²) in [5, 5.41) is 2.96. The lowest BCUT2D eigenvalue weighted by atomic mass is 10.1. The van der Waals surface area contributed by atoms with Crippen molar-refractivity contribution in [3.8, 4) is 11.5 Å². The molecule has 1 aromatic heterocycles. The van der Waals surface area contributed by atoms with Crippen molar-refractivity contribution in [1.29, 1.82) is 0 Å². The van der Waals surface area contributed by atoms with Crippen LogP contribution in [0.3, 0.4) is 0 Å². The molecule has 0 bridgehead atoms. The second-order valence-corrected chi connectivity index (χ2v) is 7.80. The number of rotatable bonds is 6. The third-order valence-electron chi connectivity index (χ3n) is 4.50. The first-order valence-electron chi connectivity index (χ1n) is 8.97. The Morgan fingerprint density at radius 2 is 1.89 bits per heavy atom. The second-order valence-electron chi connectivity index (χ2n) is 6.63. The van der Waals surface area contributed by atoms with Gasteiger partial charge in [-0.15, -0.1) is 11.8 Å². The van der Waals surface area contributed by atoms with Crippen molar-refractivity contribution in [2.24, 2.45) is 0 Å². The van der Waals surface area contributed by atoms with Gasteiger partial charge in [0.25, 0.3) is 0 Å². The molecule has 0 aliphatic rings. The number of aromatic nitrogens is 1. The molecule has 0 spiro atoms.